The molecule has 0 atom stereocenters. The highest BCUT2D eigenvalue weighted by Crippen LogP contribution is 2.11. The van der Waals surface area contributed by atoms with Gasteiger partial charge in [-0.2, -0.15) is 5.26 Å². The van der Waals surface area contributed by atoms with Crippen LogP contribution < -0.4 is 4.72 Å². The zero-order chi connectivity index (χ0) is 14.4. The molecule has 5 heteroatoms. The Morgan fingerprint density at radius 3 is 2.25 bits per heavy atom. The summed E-state index contributed by atoms with van der Waals surface area (Å²) < 4.78 is 26.4. The summed E-state index contributed by atoms with van der Waals surface area (Å²) in [7, 11) is -3.39. The van der Waals surface area contributed by atoms with Crippen LogP contribution in [0, 0.1) is 11.3 Å². The quantitative estimate of drug-likeness (QED) is 0.918. The third-order valence-corrected chi connectivity index (χ3v) is 4.08. The van der Waals surface area contributed by atoms with Crippen LogP contribution in [-0.4, -0.2) is 14.2 Å². The van der Waals surface area contributed by atoms with Crippen molar-refractivity contribution >= 4 is 15.7 Å². The zero-order valence-electron chi connectivity index (χ0n) is 10.8. The summed E-state index contributed by atoms with van der Waals surface area (Å²) in [6.45, 7) is 0. The fourth-order valence-corrected chi connectivity index (χ4v) is 2.84. The first kappa shape index (κ1) is 14.1. The number of benzene rings is 2. The van der Waals surface area contributed by atoms with Crippen LogP contribution in [0.2, 0.25) is 0 Å². The smallest absolute Gasteiger partial charge is 0.233 e. The minimum Gasteiger partial charge on any atom is -0.284 e. The Balaban J connectivity index is 1.98. The Hall–Kier alpha value is -2.32. The van der Waals surface area contributed by atoms with Gasteiger partial charge in [-0.15, -0.1) is 0 Å². The zero-order valence-corrected chi connectivity index (χ0v) is 11.6. The van der Waals surface area contributed by atoms with Gasteiger partial charge in [0, 0.05) is 5.69 Å². The van der Waals surface area contributed by atoms with E-state index in [0.717, 1.165) is 5.56 Å². The fraction of sp³-hybridized carbons (Fsp3) is 0.133. The van der Waals surface area contributed by atoms with E-state index < -0.39 is 10.0 Å². The number of anilines is 1. The molecule has 0 heterocycles. The van der Waals surface area contributed by atoms with Crippen LogP contribution in [0.15, 0.2) is 54.6 Å². The predicted octanol–water partition coefficient (Wildman–Crippen LogP) is 2.54. The molecule has 2 aromatic rings. The van der Waals surface area contributed by atoms with E-state index in [0.29, 0.717) is 17.7 Å². The van der Waals surface area contributed by atoms with Crippen LogP contribution in [0.25, 0.3) is 0 Å². The Labute approximate surface area is 118 Å². The molecule has 0 unspecified atom stereocenters. The van der Waals surface area contributed by atoms with Crippen molar-refractivity contribution in [2.24, 2.45) is 0 Å². The molecule has 0 aromatic heterocycles. The van der Waals surface area contributed by atoms with E-state index in [-0.39, 0.29) is 5.75 Å². The van der Waals surface area contributed by atoms with Crippen molar-refractivity contribution in [1.29, 1.82) is 5.26 Å². The number of sulfonamides is 1. The molecule has 1 N–H and O–H groups in total. The molecule has 0 radical (unpaired) electrons. The second kappa shape index (κ2) is 6.22. The summed E-state index contributed by atoms with van der Waals surface area (Å²) in [6, 6.07) is 17.8. The average molecular weight is 286 g/mol. The normalized spacial score (nSPS) is 10.8. The summed E-state index contributed by atoms with van der Waals surface area (Å²) in [5, 5.41) is 8.68. The highest BCUT2D eigenvalue weighted by molar-refractivity contribution is 7.92. The van der Waals surface area contributed by atoms with Gasteiger partial charge in [0.1, 0.15) is 0 Å². The average Bonchev–Trinajstić information content (AvgIpc) is 2.47. The maximum absolute atomic E-state index is 12.0. The molecule has 4 nitrogen and oxygen atoms in total. The van der Waals surface area contributed by atoms with Gasteiger partial charge in [-0.05, 0) is 36.2 Å². The molecule has 20 heavy (non-hydrogen) atoms. The lowest BCUT2D eigenvalue weighted by atomic mass is 10.2. The molecule has 0 spiro atoms. The standard InChI is InChI=1S/C15H14N2O2S/c16-12-14-6-8-15(9-7-14)17-20(18,19)11-10-13-4-2-1-3-5-13/h1-9,17H,10-11H2. The minimum atomic E-state index is -3.39. The Morgan fingerprint density at radius 1 is 1.00 bits per heavy atom. The van der Waals surface area contributed by atoms with Gasteiger partial charge in [-0.1, -0.05) is 30.3 Å². The van der Waals surface area contributed by atoms with Crippen LogP contribution in [0.4, 0.5) is 5.69 Å². The summed E-state index contributed by atoms with van der Waals surface area (Å²) in [4.78, 5) is 0. The van der Waals surface area contributed by atoms with Gasteiger partial charge in [-0.3, -0.25) is 4.72 Å². The van der Waals surface area contributed by atoms with E-state index in [4.69, 9.17) is 5.26 Å². The van der Waals surface area contributed by atoms with Gasteiger partial charge in [0.05, 0.1) is 17.4 Å². The molecular formula is C15H14N2O2S. The number of nitriles is 1. The monoisotopic (exact) mass is 286 g/mol. The lowest BCUT2D eigenvalue weighted by Crippen LogP contribution is -2.18. The molecule has 102 valence electrons. The number of nitrogens with one attached hydrogen (secondary N) is 1. The summed E-state index contributed by atoms with van der Waals surface area (Å²) in [5.41, 5.74) is 1.95. The van der Waals surface area contributed by atoms with Crippen LogP contribution >= 0.6 is 0 Å². The van der Waals surface area contributed by atoms with Gasteiger partial charge < -0.3 is 0 Å². The van der Waals surface area contributed by atoms with Crippen molar-refractivity contribution in [3.05, 3.63) is 65.7 Å². The van der Waals surface area contributed by atoms with Gasteiger partial charge >= 0.3 is 0 Å². The summed E-state index contributed by atoms with van der Waals surface area (Å²) in [6.07, 6.45) is 0.465. The highest BCUT2D eigenvalue weighted by Gasteiger charge is 2.10. The molecule has 0 aliphatic carbocycles. The maximum atomic E-state index is 12.0. The second-order valence-corrected chi connectivity index (χ2v) is 6.19. The van der Waals surface area contributed by atoms with Crippen molar-refractivity contribution in [3.63, 3.8) is 0 Å². The molecule has 0 saturated heterocycles. The molecule has 0 saturated carbocycles. The Morgan fingerprint density at radius 2 is 1.65 bits per heavy atom. The van der Waals surface area contributed by atoms with Gasteiger partial charge in [0.2, 0.25) is 10.0 Å². The van der Waals surface area contributed by atoms with E-state index in [1.165, 1.54) is 0 Å². The SMILES string of the molecule is N#Cc1ccc(NS(=O)(=O)CCc2ccccc2)cc1. The molecule has 0 bridgehead atoms. The first-order chi connectivity index (χ1) is 9.59. The lowest BCUT2D eigenvalue weighted by molar-refractivity contribution is 0.600. The third kappa shape index (κ3) is 4.11. The molecule has 0 aliphatic heterocycles. The molecule has 2 rings (SSSR count). The predicted molar refractivity (Wildman–Crippen MR) is 78.7 cm³/mol. The van der Waals surface area contributed by atoms with Crippen molar-refractivity contribution in [3.8, 4) is 6.07 Å². The van der Waals surface area contributed by atoms with Crippen LogP contribution in [0.1, 0.15) is 11.1 Å². The first-order valence-corrected chi connectivity index (χ1v) is 7.79. The summed E-state index contributed by atoms with van der Waals surface area (Å²) >= 11 is 0. The molecule has 0 aliphatic rings. The van der Waals surface area contributed by atoms with Gasteiger partial charge in [0.25, 0.3) is 0 Å². The van der Waals surface area contributed by atoms with Crippen molar-refractivity contribution in [2.75, 3.05) is 10.5 Å². The lowest BCUT2D eigenvalue weighted by Gasteiger charge is -2.08. The van der Waals surface area contributed by atoms with E-state index in [9.17, 15) is 8.42 Å². The number of hydrogen-bond donors (Lipinski definition) is 1. The minimum absolute atomic E-state index is 0.0248. The van der Waals surface area contributed by atoms with Crippen molar-refractivity contribution in [1.82, 2.24) is 0 Å². The first-order valence-electron chi connectivity index (χ1n) is 6.14. The van der Waals surface area contributed by atoms with E-state index in [1.54, 1.807) is 24.3 Å². The molecule has 0 amide bonds. The highest BCUT2D eigenvalue weighted by atomic mass is 32.2. The third-order valence-electron chi connectivity index (χ3n) is 2.79. The Kier molecular flexibility index (Phi) is 4.38. The van der Waals surface area contributed by atoms with E-state index >= 15 is 0 Å². The van der Waals surface area contributed by atoms with Gasteiger partial charge in [0.15, 0.2) is 0 Å². The largest absolute Gasteiger partial charge is 0.284 e. The maximum Gasteiger partial charge on any atom is 0.233 e. The summed E-state index contributed by atoms with van der Waals surface area (Å²) in [5.74, 6) is 0.0248. The van der Waals surface area contributed by atoms with Crippen LogP contribution in [0.3, 0.4) is 0 Å². The number of rotatable bonds is 5. The topological polar surface area (TPSA) is 70.0 Å². The Bertz CT molecular complexity index is 702. The van der Waals surface area contributed by atoms with Crippen molar-refractivity contribution < 1.29 is 8.42 Å². The molecular weight excluding hydrogens is 272 g/mol. The number of aryl methyl sites for hydroxylation is 1. The van der Waals surface area contributed by atoms with Crippen LogP contribution in [-0.2, 0) is 16.4 Å². The number of nitrogens with zero attached hydrogens (tertiary/aromatic N) is 1. The van der Waals surface area contributed by atoms with Crippen LogP contribution in [0.5, 0.6) is 0 Å². The van der Waals surface area contributed by atoms with Gasteiger partial charge in [-0.25, -0.2) is 8.42 Å². The number of hydrogen-bond acceptors (Lipinski definition) is 3. The molecule has 0 fully saturated rings. The van der Waals surface area contributed by atoms with E-state index in [2.05, 4.69) is 4.72 Å². The van der Waals surface area contributed by atoms with Crippen molar-refractivity contribution in [2.45, 2.75) is 6.42 Å². The fourth-order valence-electron chi connectivity index (χ4n) is 1.74. The van der Waals surface area contributed by atoms with E-state index in [1.807, 2.05) is 36.4 Å². The second-order valence-electron chi connectivity index (χ2n) is 4.35. The molecule has 2 aromatic carbocycles.